The molecular formula is C13H22N4O. The average Bonchev–Trinajstić information content (AvgIpc) is 2.89. The minimum absolute atomic E-state index is 0.111. The maximum absolute atomic E-state index is 11.8. The molecule has 1 aliphatic heterocycles. The number of hydrogen-bond acceptors (Lipinski definition) is 3. The zero-order valence-electron chi connectivity index (χ0n) is 11.1. The van der Waals surface area contributed by atoms with E-state index in [1.165, 1.54) is 0 Å². The normalized spacial score (nSPS) is 17.4. The van der Waals surface area contributed by atoms with Gasteiger partial charge in [-0.05, 0) is 12.8 Å². The number of H-pyrrole nitrogens is 1. The smallest absolute Gasteiger partial charge is 0.225 e. The van der Waals surface area contributed by atoms with Crippen LogP contribution in [0, 0.1) is 5.92 Å². The van der Waals surface area contributed by atoms with Gasteiger partial charge in [-0.1, -0.05) is 13.8 Å². The van der Waals surface area contributed by atoms with Crippen molar-refractivity contribution in [2.45, 2.75) is 39.3 Å². The summed E-state index contributed by atoms with van der Waals surface area (Å²) >= 11 is 0. The Bertz CT molecular complexity index is 366. The van der Waals surface area contributed by atoms with Crippen LogP contribution in [-0.4, -0.2) is 39.9 Å². The van der Waals surface area contributed by atoms with Gasteiger partial charge in [-0.25, -0.2) is 4.98 Å². The lowest BCUT2D eigenvalue weighted by atomic mass is 10.0. The number of amides is 1. The number of aromatic nitrogens is 2. The Balaban J connectivity index is 1.72. The molecule has 1 aliphatic rings. The van der Waals surface area contributed by atoms with E-state index in [9.17, 15) is 4.79 Å². The van der Waals surface area contributed by atoms with Crippen LogP contribution in [0.4, 0.5) is 0 Å². The highest BCUT2D eigenvalue weighted by atomic mass is 16.2. The molecule has 2 rings (SSSR count). The predicted octanol–water partition coefficient (Wildman–Crippen LogP) is 1.15. The maximum Gasteiger partial charge on any atom is 0.225 e. The second-order valence-corrected chi connectivity index (χ2v) is 5.21. The summed E-state index contributed by atoms with van der Waals surface area (Å²) in [5.74, 6) is 0.390. The Morgan fingerprint density at radius 1 is 1.56 bits per heavy atom. The first kappa shape index (κ1) is 13.1. The summed E-state index contributed by atoms with van der Waals surface area (Å²) in [6, 6.07) is 0.504. The van der Waals surface area contributed by atoms with E-state index in [4.69, 9.17) is 0 Å². The van der Waals surface area contributed by atoms with Crippen LogP contribution in [0.3, 0.4) is 0 Å². The van der Waals surface area contributed by atoms with Gasteiger partial charge in [-0.2, -0.15) is 0 Å². The molecule has 5 heteroatoms. The summed E-state index contributed by atoms with van der Waals surface area (Å²) in [4.78, 5) is 20.9. The van der Waals surface area contributed by atoms with Crippen molar-refractivity contribution in [3.63, 3.8) is 0 Å². The molecule has 0 radical (unpaired) electrons. The molecule has 0 atom stereocenters. The van der Waals surface area contributed by atoms with Crippen LogP contribution < -0.4 is 5.32 Å². The minimum atomic E-state index is 0.111. The van der Waals surface area contributed by atoms with Gasteiger partial charge in [0.25, 0.3) is 0 Å². The van der Waals surface area contributed by atoms with Crippen molar-refractivity contribution in [1.29, 1.82) is 0 Å². The largest absolute Gasteiger partial charge is 0.347 e. The summed E-state index contributed by atoms with van der Waals surface area (Å²) < 4.78 is 0. The fraction of sp³-hybridized carbons (Fsp3) is 0.692. The van der Waals surface area contributed by atoms with Crippen LogP contribution in [0.1, 0.15) is 32.4 Å². The lowest BCUT2D eigenvalue weighted by molar-refractivity contribution is -0.135. The molecule has 2 N–H and O–H groups in total. The van der Waals surface area contributed by atoms with Crippen molar-refractivity contribution >= 4 is 5.91 Å². The number of aromatic amines is 1. The van der Waals surface area contributed by atoms with Gasteiger partial charge in [-0.15, -0.1) is 0 Å². The topological polar surface area (TPSA) is 61.0 Å². The van der Waals surface area contributed by atoms with Gasteiger partial charge in [0.2, 0.25) is 5.91 Å². The van der Waals surface area contributed by atoms with E-state index < -0.39 is 0 Å². The Morgan fingerprint density at radius 3 is 2.83 bits per heavy atom. The highest BCUT2D eigenvalue weighted by molar-refractivity contribution is 5.78. The van der Waals surface area contributed by atoms with Crippen molar-refractivity contribution in [3.05, 3.63) is 18.2 Å². The van der Waals surface area contributed by atoms with Crippen molar-refractivity contribution in [1.82, 2.24) is 20.2 Å². The summed E-state index contributed by atoms with van der Waals surface area (Å²) in [6.45, 7) is 6.49. The fourth-order valence-corrected chi connectivity index (χ4v) is 2.30. The summed E-state index contributed by atoms with van der Waals surface area (Å²) in [6.07, 6.45) is 5.60. The van der Waals surface area contributed by atoms with Crippen LogP contribution in [0.5, 0.6) is 0 Å². The van der Waals surface area contributed by atoms with E-state index in [1.807, 2.05) is 24.9 Å². The SMILES string of the molecule is CC(C)C(=O)N1CCC(NCc2cnc[nH]2)CC1. The van der Waals surface area contributed by atoms with E-state index in [0.717, 1.165) is 38.2 Å². The van der Waals surface area contributed by atoms with Crippen LogP contribution in [0.2, 0.25) is 0 Å². The maximum atomic E-state index is 11.8. The van der Waals surface area contributed by atoms with Gasteiger partial charge < -0.3 is 15.2 Å². The molecule has 2 heterocycles. The van der Waals surface area contributed by atoms with Crippen molar-refractivity contribution in [2.24, 2.45) is 5.92 Å². The molecule has 100 valence electrons. The predicted molar refractivity (Wildman–Crippen MR) is 69.9 cm³/mol. The minimum Gasteiger partial charge on any atom is -0.347 e. The Labute approximate surface area is 108 Å². The van der Waals surface area contributed by atoms with Crippen LogP contribution in [0.15, 0.2) is 12.5 Å². The van der Waals surface area contributed by atoms with Crippen molar-refractivity contribution < 1.29 is 4.79 Å². The highest BCUT2D eigenvalue weighted by Gasteiger charge is 2.23. The molecule has 1 amide bonds. The third kappa shape index (κ3) is 3.32. The lowest BCUT2D eigenvalue weighted by Gasteiger charge is -2.33. The number of carbonyl (C=O) groups is 1. The number of rotatable bonds is 4. The second-order valence-electron chi connectivity index (χ2n) is 5.21. The highest BCUT2D eigenvalue weighted by Crippen LogP contribution is 2.13. The zero-order chi connectivity index (χ0) is 13.0. The number of imidazole rings is 1. The van der Waals surface area contributed by atoms with Crippen LogP contribution in [0.25, 0.3) is 0 Å². The van der Waals surface area contributed by atoms with Crippen LogP contribution >= 0.6 is 0 Å². The van der Waals surface area contributed by atoms with Gasteiger partial charge >= 0.3 is 0 Å². The third-order valence-electron chi connectivity index (χ3n) is 3.44. The number of piperidine rings is 1. The first-order valence-electron chi connectivity index (χ1n) is 6.66. The van der Waals surface area contributed by atoms with Gasteiger partial charge in [0.1, 0.15) is 0 Å². The zero-order valence-corrected chi connectivity index (χ0v) is 11.1. The molecule has 0 unspecified atom stereocenters. The van der Waals surface area contributed by atoms with Crippen molar-refractivity contribution in [2.75, 3.05) is 13.1 Å². The summed E-state index contributed by atoms with van der Waals surface area (Å²) in [7, 11) is 0. The van der Waals surface area contributed by atoms with E-state index >= 15 is 0 Å². The fourth-order valence-electron chi connectivity index (χ4n) is 2.30. The van der Waals surface area contributed by atoms with E-state index in [2.05, 4.69) is 15.3 Å². The standard InChI is InChI=1S/C13H22N4O/c1-10(2)13(18)17-5-3-11(4-6-17)15-8-12-7-14-9-16-12/h7,9-11,15H,3-6,8H2,1-2H3,(H,14,16). The first-order chi connectivity index (χ1) is 8.66. The molecule has 1 fully saturated rings. The van der Waals surface area contributed by atoms with E-state index in [0.29, 0.717) is 6.04 Å². The number of nitrogens with zero attached hydrogens (tertiary/aromatic N) is 2. The quantitative estimate of drug-likeness (QED) is 0.842. The van der Waals surface area contributed by atoms with Gasteiger partial charge in [0.05, 0.1) is 6.33 Å². The molecule has 18 heavy (non-hydrogen) atoms. The molecule has 1 saturated heterocycles. The summed E-state index contributed by atoms with van der Waals surface area (Å²) in [5, 5.41) is 3.50. The molecular weight excluding hydrogens is 228 g/mol. The number of carbonyl (C=O) groups excluding carboxylic acids is 1. The molecule has 0 bridgehead atoms. The van der Waals surface area contributed by atoms with Gasteiger partial charge in [-0.3, -0.25) is 4.79 Å². The molecule has 0 spiro atoms. The average molecular weight is 250 g/mol. The monoisotopic (exact) mass is 250 g/mol. The Hall–Kier alpha value is -1.36. The van der Waals surface area contributed by atoms with E-state index in [-0.39, 0.29) is 11.8 Å². The number of likely N-dealkylation sites (tertiary alicyclic amines) is 1. The molecule has 5 nitrogen and oxygen atoms in total. The molecule has 0 aliphatic carbocycles. The Kier molecular flexibility index (Phi) is 4.36. The van der Waals surface area contributed by atoms with Gasteiger partial charge in [0, 0.05) is 43.5 Å². The first-order valence-corrected chi connectivity index (χ1v) is 6.66. The molecule has 1 aromatic rings. The number of hydrogen-bond donors (Lipinski definition) is 2. The molecule has 0 aromatic carbocycles. The lowest BCUT2D eigenvalue weighted by Crippen LogP contribution is -2.46. The van der Waals surface area contributed by atoms with E-state index in [1.54, 1.807) is 6.33 Å². The third-order valence-corrected chi connectivity index (χ3v) is 3.44. The number of nitrogens with one attached hydrogen (secondary N) is 2. The van der Waals surface area contributed by atoms with Gasteiger partial charge in [0.15, 0.2) is 0 Å². The summed E-state index contributed by atoms with van der Waals surface area (Å²) in [5.41, 5.74) is 1.11. The molecule has 0 saturated carbocycles. The van der Waals surface area contributed by atoms with Crippen molar-refractivity contribution in [3.8, 4) is 0 Å². The molecule has 1 aromatic heterocycles. The second kappa shape index (κ2) is 6.00. The Morgan fingerprint density at radius 2 is 2.28 bits per heavy atom. The van der Waals surface area contributed by atoms with Crippen LogP contribution in [-0.2, 0) is 11.3 Å².